The summed E-state index contributed by atoms with van der Waals surface area (Å²) in [4.78, 5) is 2.27. The molecule has 1 aromatic carbocycles. The summed E-state index contributed by atoms with van der Waals surface area (Å²) in [6, 6.07) is 3.84. The first kappa shape index (κ1) is 16.4. The molecular weight excluding hydrogens is 270 g/mol. The predicted octanol–water partition coefficient (Wildman–Crippen LogP) is 3.36. The van der Waals surface area contributed by atoms with Gasteiger partial charge in [-0.2, -0.15) is 0 Å². The molecule has 1 atom stereocenters. The molecule has 0 radical (unpaired) electrons. The van der Waals surface area contributed by atoms with Gasteiger partial charge in [0.25, 0.3) is 0 Å². The molecule has 118 valence electrons. The lowest BCUT2D eigenvalue weighted by atomic mass is 9.73. The second kappa shape index (κ2) is 6.84. The monoisotopic (exact) mass is 296 g/mol. The lowest BCUT2D eigenvalue weighted by Crippen LogP contribution is -2.60. The zero-order chi connectivity index (χ0) is 15.5. The quantitative estimate of drug-likeness (QED) is 0.896. The number of benzene rings is 1. The van der Waals surface area contributed by atoms with Gasteiger partial charge in [0.15, 0.2) is 0 Å². The van der Waals surface area contributed by atoms with Crippen LogP contribution in [0.1, 0.15) is 37.7 Å². The van der Waals surface area contributed by atoms with Gasteiger partial charge in [-0.05, 0) is 64.2 Å². The highest BCUT2D eigenvalue weighted by Gasteiger charge is 2.41. The van der Waals surface area contributed by atoms with Crippen molar-refractivity contribution in [1.29, 1.82) is 0 Å². The molecule has 1 saturated carbocycles. The van der Waals surface area contributed by atoms with Gasteiger partial charge >= 0.3 is 0 Å². The average molecular weight is 296 g/mol. The van der Waals surface area contributed by atoms with E-state index < -0.39 is 0 Å². The number of likely N-dealkylation sites (N-methyl/N-ethyl adjacent to an activating group) is 2. The molecule has 0 spiro atoms. The molecular formula is C17H26F2N2. The summed E-state index contributed by atoms with van der Waals surface area (Å²) in [5, 5.41) is 3.36. The third-order valence-corrected chi connectivity index (χ3v) is 5.04. The Morgan fingerprint density at radius 1 is 1.19 bits per heavy atom. The van der Waals surface area contributed by atoms with Crippen molar-refractivity contribution in [3.63, 3.8) is 0 Å². The third-order valence-electron chi connectivity index (χ3n) is 5.04. The standard InChI is InChI=1S/C17H26F2N2/c1-20-16(12-13-11-14(18)7-8-15(13)19)17(21(2)3)9-5-4-6-10-17/h7-8,11,16,20H,4-6,9-10,12H2,1-3H3. The Bertz CT molecular complexity index is 468. The summed E-state index contributed by atoms with van der Waals surface area (Å²) >= 11 is 0. The van der Waals surface area contributed by atoms with E-state index in [2.05, 4.69) is 24.3 Å². The van der Waals surface area contributed by atoms with Gasteiger partial charge in [-0.3, -0.25) is 0 Å². The van der Waals surface area contributed by atoms with Crippen LogP contribution in [0, 0.1) is 11.6 Å². The smallest absolute Gasteiger partial charge is 0.126 e. The second-order valence-corrected chi connectivity index (χ2v) is 6.34. The molecule has 4 heteroatoms. The zero-order valence-electron chi connectivity index (χ0n) is 13.3. The predicted molar refractivity (Wildman–Crippen MR) is 82.4 cm³/mol. The summed E-state index contributed by atoms with van der Waals surface area (Å²) < 4.78 is 27.4. The van der Waals surface area contributed by atoms with Crippen molar-refractivity contribution in [2.45, 2.75) is 50.1 Å². The van der Waals surface area contributed by atoms with Gasteiger partial charge in [-0.15, -0.1) is 0 Å². The van der Waals surface area contributed by atoms with Crippen LogP contribution in [-0.4, -0.2) is 37.6 Å². The van der Waals surface area contributed by atoms with Crippen molar-refractivity contribution < 1.29 is 8.78 Å². The van der Waals surface area contributed by atoms with Gasteiger partial charge in [0.1, 0.15) is 11.6 Å². The number of hydrogen-bond donors (Lipinski definition) is 1. The van der Waals surface area contributed by atoms with Gasteiger partial charge in [0.2, 0.25) is 0 Å². The first-order valence-electron chi connectivity index (χ1n) is 7.78. The number of hydrogen-bond acceptors (Lipinski definition) is 2. The maximum atomic E-state index is 14.0. The summed E-state index contributed by atoms with van der Waals surface area (Å²) in [6.07, 6.45) is 6.37. The molecule has 21 heavy (non-hydrogen) atoms. The molecule has 0 saturated heterocycles. The minimum atomic E-state index is -0.371. The molecule has 1 aromatic rings. The Morgan fingerprint density at radius 2 is 1.86 bits per heavy atom. The van der Waals surface area contributed by atoms with Crippen LogP contribution in [-0.2, 0) is 6.42 Å². The fourth-order valence-electron chi connectivity index (χ4n) is 3.75. The topological polar surface area (TPSA) is 15.3 Å². The minimum absolute atomic E-state index is 0.0196. The SMILES string of the molecule is CNC(Cc1cc(F)ccc1F)C1(N(C)C)CCCCC1. The molecule has 0 aliphatic heterocycles. The van der Waals surface area contributed by atoms with Crippen LogP contribution < -0.4 is 5.32 Å². The van der Waals surface area contributed by atoms with Gasteiger partial charge in [-0.25, -0.2) is 8.78 Å². The van der Waals surface area contributed by atoms with Crippen LogP contribution in [0.4, 0.5) is 8.78 Å². The summed E-state index contributed by atoms with van der Waals surface area (Å²) in [5.41, 5.74) is 0.479. The van der Waals surface area contributed by atoms with Crippen LogP contribution in [0.5, 0.6) is 0 Å². The normalized spacial score (nSPS) is 19.7. The van der Waals surface area contributed by atoms with E-state index in [0.717, 1.165) is 12.8 Å². The molecule has 1 unspecified atom stereocenters. The Kier molecular flexibility index (Phi) is 5.33. The highest BCUT2D eigenvalue weighted by molar-refractivity contribution is 5.21. The average Bonchev–Trinajstić information content (AvgIpc) is 2.48. The van der Waals surface area contributed by atoms with E-state index in [4.69, 9.17) is 0 Å². The van der Waals surface area contributed by atoms with Gasteiger partial charge in [-0.1, -0.05) is 19.3 Å². The lowest BCUT2D eigenvalue weighted by Gasteiger charge is -2.48. The molecule has 0 heterocycles. The number of nitrogens with one attached hydrogen (secondary N) is 1. The summed E-state index contributed by atoms with van der Waals surface area (Å²) in [5.74, 6) is -0.690. The van der Waals surface area contributed by atoms with E-state index in [-0.39, 0.29) is 23.2 Å². The van der Waals surface area contributed by atoms with Crippen LogP contribution in [0.3, 0.4) is 0 Å². The highest BCUT2D eigenvalue weighted by atomic mass is 19.1. The van der Waals surface area contributed by atoms with Crippen LogP contribution >= 0.6 is 0 Å². The molecule has 0 amide bonds. The highest BCUT2D eigenvalue weighted by Crippen LogP contribution is 2.36. The van der Waals surface area contributed by atoms with E-state index >= 15 is 0 Å². The zero-order valence-corrected chi connectivity index (χ0v) is 13.3. The van der Waals surface area contributed by atoms with E-state index in [1.807, 2.05) is 7.05 Å². The van der Waals surface area contributed by atoms with E-state index in [1.165, 1.54) is 37.5 Å². The fourth-order valence-corrected chi connectivity index (χ4v) is 3.75. The number of rotatable bonds is 5. The number of halogens is 2. The molecule has 0 bridgehead atoms. The maximum Gasteiger partial charge on any atom is 0.126 e. The molecule has 1 N–H and O–H groups in total. The van der Waals surface area contributed by atoms with Crippen molar-refractivity contribution in [3.05, 3.63) is 35.4 Å². The largest absolute Gasteiger partial charge is 0.315 e. The first-order valence-corrected chi connectivity index (χ1v) is 7.78. The minimum Gasteiger partial charge on any atom is -0.315 e. The van der Waals surface area contributed by atoms with E-state index in [9.17, 15) is 8.78 Å². The van der Waals surface area contributed by atoms with Crippen LogP contribution in [0.25, 0.3) is 0 Å². The summed E-state index contributed by atoms with van der Waals surface area (Å²) in [6.45, 7) is 0. The van der Waals surface area contributed by atoms with E-state index in [0.29, 0.717) is 12.0 Å². The molecule has 2 nitrogen and oxygen atoms in total. The Balaban J connectivity index is 2.26. The van der Waals surface area contributed by atoms with Crippen molar-refractivity contribution in [2.75, 3.05) is 21.1 Å². The van der Waals surface area contributed by atoms with Gasteiger partial charge in [0, 0.05) is 11.6 Å². The molecule has 1 aliphatic rings. The molecule has 0 aromatic heterocycles. The lowest BCUT2D eigenvalue weighted by molar-refractivity contribution is 0.0595. The third kappa shape index (κ3) is 3.43. The number of nitrogens with zero attached hydrogens (tertiary/aromatic N) is 1. The van der Waals surface area contributed by atoms with Gasteiger partial charge in [0.05, 0.1) is 0 Å². The fraction of sp³-hybridized carbons (Fsp3) is 0.647. The van der Waals surface area contributed by atoms with Crippen molar-refractivity contribution in [2.24, 2.45) is 0 Å². The molecule has 2 rings (SSSR count). The maximum absolute atomic E-state index is 14.0. The van der Waals surface area contributed by atoms with Gasteiger partial charge < -0.3 is 10.2 Å². The van der Waals surface area contributed by atoms with Crippen molar-refractivity contribution in [1.82, 2.24) is 10.2 Å². The molecule has 1 aliphatic carbocycles. The van der Waals surface area contributed by atoms with Crippen molar-refractivity contribution in [3.8, 4) is 0 Å². The Labute approximate surface area is 126 Å². The van der Waals surface area contributed by atoms with Crippen molar-refractivity contribution >= 4 is 0 Å². The second-order valence-electron chi connectivity index (χ2n) is 6.34. The van der Waals surface area contributed by atoms with Crippen LogP contribution in [0.2, 0.25) is 0 Å². The molecule has 1 fully saturated rings. The van der Waals surface area contributed by atoms with E-state index in [1.54, 1.807) is 0 Å². The van der Waals surface area contributed by atoms with Crippen LogP contribution in [0.15, 0.2) is 18.2 Å². The Hall–Kier alpha value is -1.00. The summed E-state index contributed by atoms with van der Waals surface area (Å²) in [7, 11) is 6.11. The first-order chi connectivity index (χ1) is 9.99. The Morgan fingerprint density at radius 3 is 2.43 bits per heavy atom.